The highest BCUT2D eigenvalue weighted by Gasteiger charge is 2.36. The standard InChI is InChI=1S/C18H23N2O4/c1-3-4-12-23-17(21)16(20-11-10-19(2)14-20)18(22)24-13-15-8-6-5-7-9-15/h5-11,14,16H,3-4,12-13H2,1-2H3/q+1/t16-/m0/s1. The Bertz CT molecular complexity index is 667. The van der Waals surface area contributed by atoms with Crippen LogP contribution in [0.25, 0.3) is 0 Å². The summed E-state index contributed by atoms with van der Waals surface area (Å²) in [4.78, 5) is 24.8. The number of carbonyl (C=O) groups is 2. The van der Waals surface area contributed by atoms with Gasteiger partial charge < -0.3 is 9.47 Å². The second kappa shape index (κ2) is 8.86. The molecule has 1 heterocycles. The van der Waals surface area contributed by atoms with Gasteiger partial charge in [0.15, 0.2) is 0 Å². The van der Waals surface area contributed by atoms with Gasteiger partial charge >= 0.3 is 11.9 Å². The molecule has 0 bridgehead atoms. The first-order valence-corrected chi connectivity index (χ1v) is 8.01. The summed E-state index contributed by atoms with van der Waals surface area (Å²) in [5.74, 6) is -1.23. The monoisotopic (exact) mass is 331 g/mol. The fraction of sp³-hybridized carbons (Fsp3) is 0.389. The van der Waals surface area contributed by atoms with Crippen LogP contribution in [0.3, 0.4) is 0 Å². The van der Waals surface area contributed by atoms with Gasteiger partial charge in [-0.15, -0.1) is 0 Å². The van der Waals surface area contributed by atoms with E-state index in [1.54, 1.807) is 23.3 Å². The number of hydrogen-bond donors (Lipinski definition) is 0. The van der Waals surface area contributed by atoms with E-state index < -0.39 is 18.0 Å². The molecule has 0 fully saturated rings. The summed E-state index contributed by atoms with van der Waals surface area (Å²) in [5.41, 5.74) is 0.863. The number of hydrogen-bond acceptors (Lipinski definition) is 4. The van der Waals surface area contributed by atoms with Gasteiger partial charge in [-0.1, -0.05) is 43.7 Å². The van der Waals surface area contributed by atoms with E-state index in [4.69, 9.17) is 9.47 Å². The number of carbonyl (C=O) groups excluding carboxylic acids is 2. The average molecular weight is 331 g/mol. The Labute approximate surface area is 141 Å². The smallest absolute Gasteiger partial charge is 0.364 e. The molecular weight excluding hydrogens is 308 g/mol. The molecule has 0 aliphatic rings. The highest BCUT2D eigenvalue weighted by atomic mass is 16.6. The van der Waals surface area contributed by atoms with Crippen molar-refractivity contribution in [3.05, 3.63) is 54.6 Å². The zero-order valence-electron chi connectivity index (χ0n) is 14.1. The fourth-order valence-corrected chi connectivity index (χ4v) is 2.17. The summed E-state index contributed by atoms with van der Waals surface area (Å²) in [6, 6.07) is 8.21. The lowest BCUT2D eigenvalue weighted by Gasteiger charge is -2.13. The predicted molar refractivity (Wildman–Crippen MR) is 86.8 cm³/mol. The van der Waals surface area contributed by atoms with Gasteiger partial charge in [0.05, 0.1) is 13.7 Å². The van der Waals surface area contributed by atoms with Crippen LogP contribution in [-0.4, -0.2) is 23.1 Å². The maximum atomic E-state index is 12.4. The van der Waals surface area contributed by atoms with Gasteiger partial charge in [-0.05, 0) is 12.0 Å². The lowest BCUT2D eigenvalue weighted by Crippen LogP contribution is -2.32. The summed E-state index contributed by atoms with van der Waals surface area (Å²) in [6.45, 7) is 2.42. The van der Waals surface area contributed by atoms with Crippen molar-refractivity contribution >= 4 is 11.9 Å². The first-order chi connectivity index (χ1) is 11.6. The lowest BCUT2D eigenvalue weighted by atomic mass is 10.2. The Kier molecular flexibility index (Phi) is 6.54. The molecule has 6 heteroatoms. The van der Waals surface area contributed by atoms with Gasteiger partial charge in [-0.2, -0.15) is 0 Å². The van der Waals surface area contributed by atoms with Gasteiger partial charge in [0, 0.05) is 0 Å². The SMILES string of the molecule is CCCCOC(=O)[C@@H](C(=O)OCc1ccccc1)n1cc[n+](C)c1. The highest BCUT2D eigenvalue weighted by Crippen LogP contribution is 2.13. The number of unbranched alkanes of at least 4 members (excludes halogenated alkanes) is 1. The normalized spacial score (nSPS) is 11.8. The number of nitrogens with zero attached hydrogens (tertiary/aromatic N) is 2. The van der Waals surface area contributed by atoms with Gasteiger partial charge in [-0.25, -0.2) is 18.7 Å². The lowest BCUT2D eigenvalue weighted by molar-refractivity contribution is -0.671. The van der Waals surface area contributed by atoms with Gasteiger partial charge in [0.1, 0.15) is 19.0 Å². The van der Waals surface area contributed by atoms with Crippen LogP contribution >= 0.6 is 0 Å². The molecule has 0 spiro atoms. The zero-order valence-corrected chi connectivity index (χ0v) is 14.1. The van der Waals surface area contributed by atoms with Crippen molar-refractivity contribution in [3.63, 3.8) is 0 Å². The minimum absolute atomic E-state index is 0.117. The topological polar surface area (TPSA) is 61.4 Å². The molecule has 1 aromatic heterocycles. The molecule has 0 aliphatic carbocycles. The quantitative estimate of drug-likeness (QED) is 0.321. The van der Waals surface area contributed by atoms with Crippen molar-refractivity contribution < 1.29 is 23.6 Å². The Morgan fingerprint density at radius 3 is 2.50 bits per heavy atom. The van der Waals surface area contributed by atoms with Crippen LogP contribution in [0.2, 0.25) is 0 Å². The van der Waals surface area contributed by atoms with E-state index in [0.29, 0.717) is 6.61 Å². The third-order valence-corrected chi connectivity index (χ3v) is 3.50. The van der Waals surface area contributed by atoms with Crippen LogP contribution in [-0.2, 0) is 32.7 Å². The molecule has 6 nitrogen and oxygen atoms in total. The van der Waals surface area contributed by atoms with E-state index in [1.165, 1.54) is 4.57 Å². The minimum atomic E-state index is -1.13. The molecule has 0 aliphatic heterocycles. The Morgan fingerprint density at radius 1 is 1.17 bits per heavy atom. The van der Waals surface area contributed by atoms with Crippen molar-refractivity contribution in [2.45, 2.75) is 32.4 Å². The number of benzene rings is 1. The summed E-state index contributed by atoms with van der Waals surface area (Å²) in [7, 11) is 1.81. The molecule has 1 aromatic carbocycles. The molecule has 1 atom stereocenters. The summed E-state index contributed by atoms with van der Waals surface area (Å²) in [6.07, 6.45) is 6.72. The van der Waals surface area contributed by atoms with E-state index in [-0.39, 0.29) is 6.61 Å². The van der Waals surface area contributed by atoms with E-state index in [0.717, 1.165) is 18.4 Å². The third-order valence-electron chi connectivity index (χ3n) is 3.50. The molecule has 0 unspecified atom stereocenters. The molecule has 0 saturated heterocycles. The number of ether oxygens (including phenoxy) is 2. The van der Waals surface area contributed by atoms with Crippen LogP contribution in [0.1, 0.15) is 31.4 Å². The summed E-state index contributed by atoms with van der Waals surface area (Å²) >= 11 is 0. The van der Waals surface area contributed by atoms with Crippen LogP contribution in [0.5, 0.6) is 0 Å². The molecule has 2 aromatic rings. The van der Waals surface area contributed by atoms with E-state index in [1.807, 2.05) is 44.3 Å². The van der Waals surface area contributed by atoms with Crippen molar-refractivity contribution in [1.82, 2.24) is 4.57 Å². The molecule has 0 N–H and O–H groups in total. The molecule has 0 radical (unpaired) electrons. The average Bonchev–Trinajstić information content (AvgIpc) is 3.00. The number of esters is 2. The number of aryl methyl sites for hydroxylation is 1. The van der Waals surface area contributed by atoms with Gasteiger partial charge in [-0.3, -0.25) is 0 Å². The second-order valence-electron chi connectivity index (χ2n) is 5.54. The van der Waals surface area contributed by atoms with Gasteiger partial charge in [0.25, 0.3) is 6.04 Å². The predicted octanol–water partition coefficient (Wildman–Crippen LogP) is 1.94. The highest BCUT2D eigenvalue weighted by molar-refractivity contribution is 5.97. The Balaban J connectivity index is 2.06. The first-order valence-electron chi connectivity index (χ1n) is 8.01. The zero-order chi connectivity index (χ0) is 17.4. The van der Waals surface area contributed by atoms with Crippen LogP contribution in [0, 0.1) is 0 Å². The Morgan fingerprint density at radius 2 is 1.88 bits per heavy atom. The number of imidazole rings is 1. The van der Waals surface area contributed by atoms with E-state index in [2.05, 4.69) is 0 Å². The van der Waals surface area contributed by atoms with Gasteiger partial charge in [0.2, 0.25) is 6.33 Å². The summed E-state index contributed by atoms with van der Waals surface area (Å²) < 4.78 is 13.8. The number of aromatic nitrogens is 2. The maximum Gasteiger partial charge on any atom is 0.364 e. The van der Waals surface area contributed by atoms with Crippen LogP contribution in [0.4, 0.5) is 0 Å². The molecule has 2 rings (SSSR count). The van der Waals surface area contributed by atoms with Crippen LogP contribution in [0.15, 0.2) is 49.1 Å². The fourth-order valence-electron chi connectivity index (χ4n) is 2.17. The largest absolute Gasteiger partial charge is 0.462 e. The van der Waals surface area contributed by atoms with Crippen molar-refractivity contribution in [2.75, 3.05) is 6.61 Å². The molecule has 128 valence electrons. The molecule has 0 saturated carbocycles. The second-order valence-corrected chi connectivity index (χ2v) is 5.54. The molecular formula is C18H23N2O4+. The number of rotatable bonds is 8. The van der Waals surface area contributed by atoms with E-state index >= 15 is 0 Å². The minimum Gasteiger partial charge on any atom is -0.462 e. The Hall–Kier alpha value is -2.63. The third kappa shape index (κ3) is 4.94. The maximum absolute atomic E-state index is 12.4. The summed E-state index contributed by atoms with van der Waals surface area (Å²) in [5, 5.41) is 0. The van der Waals surface area contributed by atoms with Crippen molar-refractivity contribution in [1.29, 1.82) is 0 Å². The van der Waals surface area contributed by atoms with E-state index in [9.17, 15) is 9.59 Å². The first kappa shape index (κ1) is 17.7. The van der Waals surface area contributed by atoms with Crippen molar-refractivity contribution in [2.24, 2.45) is 7.05 Å². The van der Waals surface area contributed by atoms with Crippen molar-refractivity contribution in [3.8, 4) is 0 Å². The molecule has 24 heavy (non-hydrogen) atoms. The van der Waals surface area contributed by atoms with Crippen LogP contribution < -0.4 is 4.57 Å². The molecule has 0 amide bonds.